The summed E-state index contributed by atoms with van der Waals surface area (Å²) in [6.45, 7) is 0.541. The molecule has 0 fully saturated rings. The fourth-order valence-electron chi connectivity index (χ4n) is 1.07. The van der Waals surface area contributed by atoms with Gasteiger partial charge in [-0.2, -0.15) is 0 Å². The highest BCUT2D eigenvalue weighted by Crippen LogP contribution is 2.17. The van der Waals surface area contributed by atoms with E-state index in [1.807, 2.05) is 40.8 Å². The first-order valence-corrected chi connectivity index (χ1v) is 4.62. The van der Waals surface area contributed by atoms with Crippen molar-refractivity contribution in [2.75, 3.05) is 0 Å². The fourth-order valence-corrected chi connectivity index (χ4v) is 1.57. The molecule has 0 aliphatic heterocycles. The van der Waals surface area contributed by atoms with Crippen LogP contribution in [0.4, 0.5) is 0 Å². The van der Waals surface area contributed by atoms with E-state index in [1.165, 1.54) is 0 Å². The van der Waals surface area contributed by atoms with E-state index in [2.05, 4.69) is 4.98 Å². The fraction of sp³-hybridized carbons (Fsp3) is 0.125. The van der Waals surface area contributed by atoms with Crippen LogP contribution >= 0.6 is 22.6 Å². The second-order valence-electron chi connectivity index (χ2n) is 2.47. The van der Waals surface area contributed by atoms with Crippen LogP contribution in [0.15, 0.2) is 22.6 Å². The lowest BCUT2D eigenvalue weighted by Gasteiger charge is -1.92. The molecule has 62 valence electrons. The number of fused-ring (bicyclic) bond motifs is 1. The maximum atomic E-state index is 5.49. The molecule has 2 rings (SSSR count). The Bertz CT molecular complexity index is 410. The molecule has 2 aromatic rings. The van der Waals surface area contributed by atoms with Crippen LogP contribution in [0.3, 0.4) is 0 Å². The van der Waals surface area contributed by atoms with E-state index in [9.17, 15) is 0 Å². The van der Waals surface area contributed by atoms with Crippen molar-refractivity contribution >= 4 is 33.7 Å². The lowest BCUT2D eigenvalue weighted by Crippen LogP contribution is -1.94. The van der Waals surface area contributed by atoms with E-state index in [0.29, 0.717) is 10.4 Å². The lowest BCUT2D eigenvalue weighted by atomic mass is 10.2. The third-order valence-corrected chi connectivity index (χ3v) is 2.12. The second-order valence-corrected chi connectivity index (χ2v) is 3.40. The number of hydrogen-bond acceptors (Lipinski definition) is 3. The quantitative estimate of drug-likeness (QED) is 0.808. The molecular formula is C8H7IN2O. The molecule has 0 saturated heterocycles. The number of oxazole rings is 1. The van der Waals surface area contributed by atoms with Crippen LogP contribution in [0.1, 0.15) is 5.56 Å². The Morgan fingerprint density at radius 2 is 2.33 bits per heavy atom. The summed E-state index contributed by atoms with van der Waals surface area (Å²) in [5.74, 6) is 0. The van der Waals surface area contributed by atoms with Gasteiger partial charge in [-0.3, -0.25) is 0 Å². The molecule has 0 radical (unpaired) electrons. The molecule has 0 atom stereocenters. The van der Waals surface area contributed by atoms with Crippen molar-refractivity contribution in [2.45, 2.75) is 6.54 Å². The van der Waals surface area contributed by atoms with Crippen LogP contribution in [0.2, 0.25) is 0 Å². The Labute approximate surface area is 83.1 Å². The monoisotopic (exact) mass is 274 g/mol. The highest BCUT2D eigenvalue weighted by Gasteiger charge is 2.02. The van der Waals surface area contributed by atoms with E-state index in [4.69, 9.17) is 10.2 Å². The Kier molecular flexibility index (Phi) is 2.02. The van der Waals surface area contributed by atoms with Crippen molar-refractivity contribution in [3.8, 4) is 0 Å². The molecule has 0 aliphatic carbocycles. The summed E-state index contributed by atoms with van der Waals surface area (Å²) < 4.78 is 5.97. The van der Waals surface area contributed by atoms with E-state index in [1.54, 1.807) is 0 Å². The van der Waals surface area contributed by atoms with Crippen LogP contribution in [-0.4, -0.2) is 4.98 Å². The van der Waals surface area contributed by atoms with Gasteiger partial charge in [0.15, 0.2) is 5.58 Å². The highest BCUT2D eigenvalue weighted by atomic mass is 127. The van der Waals surface area contributed by atoms with Gasteiger partial charge in [0.05, 0.1) is 0 Å². The first-order chi connectivity index (χ1) is 5.79. The molecule has 3 nitrogen and oxygen atoms in total. The molecule has 0 unspecified atom stereocenters. The van der Waals surface area contributed by atoms with Crippen LogP contribution in [0.25, 0.3) is 11.1 Å². The number of aromatic nitrogens is 1. The summed E-state index contributed by atoms with van der Waals surface area (Å²) in [5.41, 5.74) is 8.26. The Morgan fingerprint density at radius 3 is 3.08 bits per heavy atom. The smallest absolute Gasteiger partial charge is 0.258 e. The van der Waals surface area contributed by atoms with Gasteiger partial charge in [-0.05, 0) is 17.7 Å². The van der Waals surface area contributed by atoms with Crippen molar-refractivity contribution in [2.24, 2.45) is 5.73 Å². The Morgan fingerprint density at radius 1 is 1.50 bits per heavy atom. The first kappa shape index (κ1) is 8.00. The SMILES string of the molecule is NCc1ccc2oc(I)nc2c1. The minimum Gasteiger partial charge on any atom is -0.432 e. The molecule has 0 saturated carbocycles. The third-order valence-electron chi connectivity index (χ3n) is 1.66. The molecule has 1 aromatic carbocycles. The largest absolute Gasteiger partial charge is 0.432 e. The van der Waals surface area contributed by atoms with Crippen molar-refractivity contribution < 1.29 is 4.42 Å². The summed E-state index contributed by atoms with van der Waals surface area (Å²) in [7, 11) is 0. The Hall–Kier alpha value is -0.620. The molecule has 12 heavy (non-hydrogen) atoms. The average Bonchev–Trinajstić information content (AvgIpc) is 2.43. The average molecular weight is 274 g/mol. The van der Waals surface area contributed by atoms with Gasteiger partial charge >= 0.3 is 0 Å². The molecule has 4 heteroatoms. The van der Waals surface area contributed by atoms with Crippen LogP contribution in [0.5, 0.6) is 0 Å². The number of rotatable bonds is 1. The number of nitrogens with two attached hydrogens (primary N) is 1. The molecule has 0 spiro atoms. The van der Waals surface area contributed by atoms with Crippen LogP contribution < -0.4 is 5.73 Å². The highest BCUT2D eigenvalue weighted by molar-refractivity contribution is 14.1. The van der Waals surface area contributed by atoms with Gasteiger partial charge < -0.3 is 10.2 Å². The predicted molar refractivity (Wildman–Crippen MR) is 54.6 cm³/mol. The minimum atomic E-state index is 0.541. The summed E-state index contributed by atoms with van der Waals surface area (Å²) in [4.78, 5) is 4.19. The van der Waals surface area contributed by atoms with Gasteiger partial charge in [-0.15, -0.1) is 0 Å². The maximum Gasteiger partial charge on any atom is 0.258 e. The lowest BCUT2D eigenvalue weighted by molar-refractivity contribution is 0.566. The Balaban J connectivity index is 2.66. The zero-order valence-electron chi connectivity index (χ0n) is 6.25. The third kappa shape index (κ3) is 1.32. The summed E-state index contributed by atoms with van der Waals surface area (Å²) in [6.07, 6.45) is 0. The number of hydrogen-bond donors (Lipinski definition) is 1. The zero-order valence-corrected chi connectivity index (χ0v) is 8.41. The molecule has 0 aliphatic rings. The number of nitrogens with zero attached hydrogens (tertiary/aromatic N) is 1. The molecule has 2 N–H and O–H groups in total. The number of benzene rings is 1. The van der Waals surface area contributed by atoms with E-state index in [0.717, 1.165) is 16.7 Å². The van der Waals surface area contributed by atoms with Gasteiger partial charge in [0, 0.05) is 29.1 Å². The van der Waals surface area contributed by atoms with E-state index >= 15 is 0 Å². The van der Waals surface area contributed by atoms with E-state index in [-0.39, 0.29) is 0 Å². The van der Waals surface area contributed by atoms with Crippen molar-refractivity contribution in [3.63, 3.8) is 0 Å². The van der Waals surface area contributed by atoms with Crippen molar-refractivity contribution in [1.82, 2.24) is 4.98 Å². The normalized spacial score (nSPS) is 10.8. The van der Waals surface area contributed by atoms with Gasteiger partial charge in [0.2, 0.25) is 0 Å². The zero-order chi connectivity index (χ0) is 8.55. The summed E-state index contributed by atoms with van der Waals surface area (Å²) in [6, 6.07) is 5.79. The van der Waals surface area contributed by atoms with Crippen LogP contribution in [0, 0.1) is 3.90 Å². The predicted octanol–water partition coefficient (Wildman–Crippen LogP) is 1.89. The van der Waals surface area contributed by atoms with Gasteiger partial charge in [-0.1, -0.05) is 6.07 Å². The maximum absolute atomic E-state index is 5.49. The molecule has 0 amide bonds. The second kappa shape index (κ2) is 3.02. The topological polar surface area (TPSA) is 52.0 Å². The number of halogens is 1. The van der Waals surface area contributed by atoms with Gasteiger partial charge in [0.1, 0.15) is 5.52 Å². The minimum absolute atomic E-state index is 0.541. The molecule has 0 bridgehead atoms. The van der Waals surface area contributed by atoms with Crippen molar-refractivity contribution in [1.29, 1.82) is 0 Å². The molecular weight excluding hydrogens is 267 g/mol. The van der Waals surface area contributed by atoms with Crippen molar-refractivity contribution in [3.05, 3.63) is 27.7 Å². The van der Waals surface area contributed by atoms with Crippen LogP contribution in [-0.2, 0) is 6.54 Å². The standard InChI is InChI=1S/C8H7IN2O/c9-8-11-6-3-5(4-10)1-2-7(6)12-8/h1-3H,4,10H2. The van der Waals surface area contributed by atoms with Gasteiger partial charge in [0.25, 0.3) is 3.90 Å². The molecule has 1 heterocycles. The van der Waals surface area contributed by atoms with Gasteiger partial charge in [-0.25, -0.2) is 4.98 Å². The molecule has 1 aromatic heterocycles. The summed E-state index contributed by atoms with van der Waals surface area (Å²) >= 11 is 2.05. The van der Waals surface area contributed by atoms with E-state index < -0.39 is 0 Å². The first-order valence-electron chi connectivity index (χ1n) is 3.54. The summed E-state index contributed by atoms with van der Waals surface area (Å²) in [5, 5.41) is 0.